The van der Waals surface area contributed by atoms with Crippen molar-refractivity contribution in [3.05, 3.63) is 57.5 Å². The topological polar surface area (TPSA) is 105 Å². The third-order valence-electron chi connectivity index (χ3n) is 7.45. The molecule has 0 spiro atoms. The molecule has 2 aromatic heterocycles. The third kappa shape index (κ3) is 5.46. The maximum absolute atomic E-state index is 9.65. The summed E-state index contributed by atoms with van der Waals surface area (Å²) in [6.45, 7) is 7.88. The second kappa shape index (κ2) is 11.5. The Morgan fingerprint density at radius 1 is 1.22 bits per heavy atom. The summed E-state index contributed by atoms with van der Waals surface area (Å²) in [7, 11) is 0. The quantitative estimate of drug-likeness (QED) is 0.419. The van der Waals surface area contributed by atoms with Gasteiger partial charge in [-0.15, -0.1) is 0 Å². The van der Waals surface area contributed by atoms with Crippen LogP contribution >= 0.6 is 23.2 Å². The molecule has 0 saturated carbocycles. The van der Waals surface area contributed by atoms with E-state index in [0.29, 0.717) is 39.2 Å². The van der Waals surface area contributed by atoms with Crippen LogP contribution in [-0.4, -0.2) is 49.4 Å². The Kier molecular flexibility index (Phi) is 8.41. The highest BCUT2D eigenvalue weighted by molar-refractivity contribution is 6.35. The number of hydrogen-bond acceptors (Lipinski definition) is 7. The van der Waals surface area contributed by atoms with E-state index in [1.54, 1.807) is 23.0 Å². The molecule has 0 N–H and O–H groups in total. The number of fused-ring (bicyclic) bond motifs is 1. The van der Waals surface area contributed by atoms with Crippen LogP contribution in [0.15, 0.2) is 30.5 Å². The van der Waals surface area contributed by atoms with E-state index < -0.39 is 0 Å². The highest BCUT2D eigenvalue weighted by Crippen LogP contribution is 2.36. The van der Waals surface area contributed by atoms with E-state index >= 15 is 0 Å². The van der Waals surface area contributed by atoms with Crippen molar-refractivity contribution in [2.75, 3.05) is 6.54 Å². The van der Waals surface area contributed by atoms with E-state index in [9.17, 15) is 5.26 Å². The molecule has 1 saturated heterocycles. The van der Waals surface area contributed by atoms with Crippen LogP contribution in [0.25, 0.3) is 16.7 Å². The zero-order valence-corrected chi connectivity index (χ0v) is 22.5. The Hall–Kier alpha value is -3.08. The van der Waals surface area contributed by atoms with E-state index in [1.165, 1.54) is 25.0 Å². The van der Waals surface area contributed by atoms with Crippen molar-refractivity contribution < 1.29 is 9.59 Å². The third-order valence-corrected chi connectivity index (χ3v) is 8.01. The fourth-order valence-electron chi connectivity index (χ4n) is 5.56. The van der Waals surface area contributed by atoms with E-state index in [0.717, 1.165) is 24.1 Å². The van der Waals surface area contributed by atoms with Crippen molar-refractivity contribution >= 4 is 46.1 Å². The molecule has 3 heterocycles. The van der Waals surface area contributed by atoms with Gasteiger partial charge in [-0.3, -0.25) is 4.90 Å². The molecule has 1 fully saturated rings. The Balaban J connectivity index is 0.00000102. The standard InChI is InChI=1S/C26H28Cl2N6.CO2/c1-15-11-18(6-9-24(15)33-10-4-5-16(33)2)23-14-30-25-22(13-29)32-34(26(25)31-23)17(3)20-8-7-19(27)12-21(20)28;2-1-3/h6-8,12,14-17,24H,4-5,9-11H2,1-3H3;. The Labute approximate surface area is 225 Å². The number of rotatable bonds is 4. The van der Waals surface area contributed by atoms with Crippen LogP contribution in [0.2, 0.25) is 10.0 Å². The van der Waals surface area contributed by atoms with Gasteiger partial charge in [0.2, 0.25) is 0 Å². The van der Waals surface area contributed by atoms with E-state index in [-0.39, 0.29) is 17.9 Å². The van der Waals surface area contributed by atoms with Gasteiger partial charge in [0.05, 0.1) is 17.9 Å². The zero-order chi connectivity index (χ0) is 26.7. The summed E-state index contributed by atoms with van der Waals surface area (Å²) in [6, 6.07) is 8.58. The number of carbonyl (C=O) groups excluding carboxylic acids is 2. The normalized spacial score (nSPS) is 22.5. The number of likely N-dealkylation sites (tertiary alicyclic amines) is 1. The van der Waals surface area contributed by atoms with Crippen LogP contribution in [0, 0.1) is 17.2 Å². The molecule has 4 unspecified atom stereocenters. The van der Waals surface area contributed by atoms with E-state index in [4.69, 9.17) is 37.8 Å². The summed E-state index contributed by atoms with van der Waals surface area (Å²) in [5.41, 5.74) is 4.30. The van der Waals surface area contributed by atoms with Crippen molar-refractivity contribution in [3.63, 3.8) is 0 Å². The van der Waals surface area contributed by atoms with Gasteiger partial charge in [0.15, 0.2) is 11.3 Å². The summed E-state index contributed by atoms with van der Waals surface area (Å²) in [6.07, 6.45) is 8.95. The molecule has 0 bridgehead atoms. The first kappa shape index (κ1) is 27.0. The lowest BCUT2D eigenvalue weighted by molar-refractivity contribution is -0.191. The van der Waals surface area contributed by atoms with Crippen molar-refractivity contribution in [1.29, 1.82) is 5.26 Å². The fourth-order valence-corrected chi connectivity index (χ4v) is 6.13. The number of benzene rings is 1. The maximum atomic E-state index is 9.65. The van der Waals surface area contributed by atoms with E-state index in [2.05, 4.69) is 41.0 Å². The Morgan fingerprint density at radius 3 is 2.59 bits per heavy atom. The predicted octanol–water partition coefficient (Wildman–Crippen LogP) is 5.70. The SMILES string of the molecule is CC1CC(c2cnc3c(C#N)nn(C(C)c4ccc(Cl)cc4Cl)c3n2)=CCC1N1CCCC1C.O=C=O. The van der Waals surface area contributed by atoms with Crippen LogP contribution in [-0.2, 0) is 9.59 Å². The first-order valence-electron chi connectivity index (χ1n) is 12.3. The van der Waals surface area contributed by atoms with Crippen LogP contribution in [0.1, 0.15) is 69.4 Å². The number of nitrogens with zero attached hydrogens (tertiary/aromatic N) is 6. The highest BCUT2D eigenvalue weighted by atomic mass is 35.5. The number of halogens is 2. The fraction of sp³-hybridized carbons (Fsp3) is 0.444. The minimum atomic E-state index is -0.237. The lowest BCUT2D eigenvalue weighted by Crippen LogP contribution is -2.42. The molecular formula is C27H28Cl2N6O2. The van der Waals surface area contributed by atoms with Gasteiger partial charge in [-0.25, -0.2) is 14.6 Å². The molecule has 8 nitrogen and oxygen atoms in total. The summed E-state index contributed by atoms with van der Waals surface area (Å²) in [5, 5.41) is 15.3. The molecule has 1 aliphatic heterocycles. The number of nitriles is 1. The summed E-state index contributed by atoms with van der Waals surface area (Å²) in [5.74, 6) is 0.546. The number of allylic oxidation sites excluding steroid dienone is 1. The van der Waals surface area contributed by atoms with E-state index in [1.807, 2.05) is 13.0 Å². The lowest BCUT2D eigenvalue weighted by Gasteiger charge is -2.38. The first-order chi connectivity index (χ1) is 17.8. The Bertz CT molecular complexity index is 1410. The van der Waals surface area contributed by atoms with Crippen molar-refractivity contribution in [2.24, 2.45) is 5.92 Å². The van der Waals surface area contributed by atoms with Gasteiger partial charge in [-0.1, -0.05) is 42.3 Å². The molecule has 4 atom stereocenters. The molecule has 1 aromatic carbocycles. The molecule has 37 heavy (non-hydrogen) atoms. The predicted molar refractivity (Wildman–Crippen MR) is 141 cm³/mol. The van der Waals surface area contributed by atoms with Crippen molar-refractivity contribution in [3.8, 4) is 6.07 Å². The highest BCUT2D eigenvalue weighted by Gasteiger charge is 2.33. The van der Waals surface area contributed by atoms with Gasteiger partial charge in [0.1, 0.15) is 11.6 Å². The zero-order valence-electron chi connectivity index (χ0n) is 21.0. The average Bonchev–Trinajstić information content (AvgIpc) is 3.47. The Morgan fingerprint density at radius 2 is 1.97 bits per heavy atom. The molecule has 2 aliphatic rings. The largest absolute Gasteiger partial charge is 0.373 e. The number of aromatic nitrogens is 4. The molecule has 1 aliphatic carbocycles. The average molecular weight is 539 g/mol. The van der Waals surface area contributed by atoms with Gasteiger partial charge in [-0.05, 0) is 75.3 Å². The van der Waals surface area contributed by atoms with Crippen LogP contribution < -0.4 is 0 Å². The molecule has 10 heteroatoms. The van der Waals surface area contributed by atoms with Crippen molar-refractivity contribution in [1.82, 2.24) is 24.6 Å². The van der Waals surface area contributed by atoms with Gasteiger partial charge < -0.3 is 0 Å². The second-order valence-corrected chi connectivity index (χ2v) is 10.5. The minimum Gasteiger partial charge on any atom is -0.297 e. The summed E-state index contributed by atoms with van der Waals surface area (Å²) >= 11 is 12.6. The molecule has 3 aromatic rings. The molecule has 192 valence electrons. The molecule has 0 radical (unpaired) electrons. The van der Waals surface area contributed by atoms with Crippen LogP contribution in [0.4, 0.5) is 0 Å². The first-order valence-corrected chi connectivity index (χ1v) is 13.1. The minimum absolute atomic E-state index is 0.237. The summed E-state index contributed by atoms with van der Waals surface area (Å²) in [4.78, 5) is 28.5. The van der Waals surface area contributed by atoms with Crippen molar-refractivity contribution in [2.45, 2.75) is 64.6 Å². The van der Waals surface area contributed by atoms with Gasteiger partial charge in [0.25, 0.3) is 0 Å². The van der Waals surface area contributed by atoms with Crippen LogP contribution in [0.5, 0.6) is 0 Å². The van der Waals surface area contributed by atoms with Gasteiger partial charge >= 0.3 is 6.15 Å². The van der Waals surface area contributed by atoms with Gasteiger partial charge in [0, 0.05) is 22.1 Å². The smallest absolute Gasteiger partial charge is 0.297 e. The maximum Gasteiger partial charge on any atom is 0.373 e. The van der Waals surface area contributed by atoms with Crippen LogP contribution in [0.3, 0.4) is 0 Å². The lowest BCUT2D eigenvalue weighted by atomic mass is 9.83. The molecular weight excluding hydrogens is 511 g/mol. The molecule has 0 amide bonds. The van der Waals surface area contributed by atoms with Gasteiger partial charge in [-0.2, -0.15) is 19.9 Å². The number of hydrogen-bond donors (Lipinski definition) is 0. The summed E-state index contributed by atoms with van der Waals surface area (Å²) < 4.78 is 1.75. The monoisotopic (exact) mass is 538 g/mol. The second-order valence-electron chi connectivity index (χ2n) is 9.70. The molecule has 5 rings (SSSR count).